The van der Waals surface area contributed by atoms with Gasteiger partial charge in [-0.2, -0.15) is 0 Å². The van der Waals surface area contributed by atoms with E-state index in [1.54, 1.807) is 0 Å². The van der Waals surface area contributed by atoms with E-state index in [1.165, 1.54) is 0 Å². The molecular weight excluding hydrogens is 238 g/mol. The minimum atomic E-state index is 0.208. The molecule has 17 heavy (non-hydrogen) atoms. The molecule has 1 aliphatic heterocycles. The van der Waals surface area contributed by atoms with E-state index in [0.29, 0.717) is 18.0 Å². The zero-order chi connectivity index (χ0) is 12.1. The van der Waals surface area contributed by atoms with Crippen molar-refractivity contribution in [3.63, 3.8) is 0 Å². The molecule has 1 aliphatic rings. The fraction of sp³-hybridized carbons (Fsp3) is 0.462. The van der Waals surface area contributed by atoms with E-state index in [-0.39, 0.29) is 5.78 Å². The van der Waals surface area contributed by atoms with Gasteiger partial charge in [-0.05, 0) is 11.6 Å². The van der Waals surface area contributed by atoms with Crippen molar-refractivity contribution >= 4 is 17.4 Å². The Hall–Kier alpha value is -0.900. The highest BCUT2D eigenvalue weighted by Gasteiger charge is 2.14. The third-order valence-corrected chi connectivity index (χ3v) is 3.22. The number of hydrogen-bond acceptors (Lipinski definition) is 3. The Balaban J connectivity index is 1.86. The van der Waals surface area contributed by atoms with E-state index in [9.17, 15) is 4.79 Å². The van der Waals surface area contributed by atoms with Gasteiger partial charge in [0.1, 0.15) is 0 Å². The van der Waals surface area contributed by atoms with Crippen LogP contribution in [-0.2, 0) is 16.0 Å². The van der Waals surface area contributed by atoms with Crippen LogP contribution in [0.15, 0.2) is 24.3 Å². The van der Waals surface area contributed by atoms with Gasteiger partial charge in [-0.25, -0.2) is 0 Å². The summed E-state index contributed by atoms with van der Waals surface area (Å²) >= 11 is 6.03. The first-order chi connectivity index (χ1) is 8.25. The molecule has 0 aromatic heterocycles. The molecule has 4 heteroatoms. The SMILES string of the molecule is O=C(Cc1ccccc1Cl)CN1CCOCC1. The number of carbonyl (C=O) groups excluding carboxylic acids is 1. The quantitative estimate of drug-likeness (QED) is 0.819. The van der Waals surface area contributed by atoms with Crippen LogP contribution in [0.4, 0.5) is 0 Å². The highest BCUT2D eigenvalue weighted by atomic mass is 35.5. The zero-order valence-corrected chi connectivity index (χ0v) is 10.4. The maximum absolute atomic E-state index is 11.9. The molecule has 0 aliphatic carbocycles. The second-order valence-corrected chi connectivity index (χ2v) is 4.60. The van der Waals surface area contributed by atoms with Crippen molar-refractivity contribution in [3.05, 3.63) is 34.9 Å². The summed E-state index contributed by atoms with van der Waals surface area (Å²) in [5.74, 6) is 0.208. The maximum Gasteiger partial charge on any atom is 0.151 e. The Morgan fingerprint density at radius 1 is 1.29 bits per heavy atom. The van der Waals surface area contributed by atoms with Gasteiger partial charge in [-0.3, -0.25) is 9.69 Å². The average Bonchev–Trinajstić information content (AvgIpc) is 2.33. The molecule has 0 spiro atoms. The molecule has 1 fully saturated rings. The van der Waals surface area contributed by atoms with Gasteiger partial charge in [0.25, 0.3) is 0 Å². The Morgan fingerprint density at radius 2 is 2.00 bits per heavy atom. The van der Waals surface area contributed by atoms with Gasteiger partial charge in [-0.1, -0.05) is 29.8 Å². The highest BCUT2D eigenvalue weighted by Crippen LogP contribution is 2.15. The van der Waals surface area contributed by atoms with Crippen LogP contribution < -0.4 is 0 Å². The average molecular weight is 254 g/mol. The van der Waals surface area contributed by atoms with Crippen molar-refractivity contribution in [2.75, 3.05) is 32.8 Å². The number of rotatable bonds is 4. The summed E-state index contributed by atoms with van der Waals surface area (Å²) < 4.78 is 5.24. The first kappa shape index (κ1) is 12.6. The summed E-state index contributed by atoms with van der Waals surface area (Å²) in [6.45, 7) is 3.62. The number of nitrogens with zero attached hydrogens (tertiary/aromatic N) is 1. The van der Waals surface area contributed by atoms with Crippen molar-refractivity contribution in [1.29, 1.82) is 0 Å². The van der Waals surface area contributed by atoms with Crippen LogP contribution >= 0.6 is 11.6 Å². The number of ether oxygens (including phenoxy) is 1. The Morgan fingerprint density at radius 3 is 2.71 bits per heavy atom. The van der Waals surface area contributed by atoms with Gasteiger partial charge >= 0.3 is 0 Å². The lowest BCUT2D eigenvalue weighted by Gasteiger charge is -2.25. The molecule has 2 rings (SSSR count). The van der Waals surface area contributed by atoms with E-state index in [2.05, 4.69) is 4.90 Å². The van der Waals surface area contributed by atoms with Gasteiger partial charge in [-0.15, -0.1) is 0 Å². The van der Waals surface area contributed by atoms with Crippen LogP contribution in [-0.4, -0.2) is 43.5 Å². The van der Waals surface area contributed by atoms with Crippen LogP contribution in [0.1, 0.15) is 5.56 Å². The number of halogens is 1. The van der Waals surface area contributed by atoms with Crippen LogP contribution in [0.25, 0.3) is 0 Å². The van der Waals surface area contributed by atoms with Crippen molar-refractivity contribution in [1.82, 2.24) is 4.90 Å². The molecule has 1 heterocycles. The maximum atomic E-state index is 11.9. The minimum Gasteiger partial charge on any atom is -0.379 e. The van der Waals surface area contributed by atoms with Gasteiger partial charge in [0, 0.05) is 24.5 Å². The molecule has 0 amide bonds. The summed E-state index contributed by atoms with van der Waals surface area (Å²) in [5, 5.41) is 0.669. The third-order valence-electron chi connectivity index (χ3n) is 2.85. The molecule has 0 radical (unpaired) electrons. The predicted molar refractivity (Wildman–Crippen MR) is 67.4 cm³/mol. The topological polar surface area (TPSA) is 29.5 Å². The number of benzene rings is 1. The highest BCUT2D eigenvalue weighted by molar-refractivity contribution is 6.31. The Labute approximate surface area is 106 Å². The van der Waals surface area contributed by atoms with E-state index in [4.69, 9.17) is 16.3 Å². The largest absolute Gasteiger partial charge is 0.379 e. The molecule has 1 aromatic rings. The molecule has 0 unspecified atom stereocenters. The lowest BCUT2D eigenvalue weighted by Crippen LogP contribution is -2.39. The monoisotopic (exact) mass is 253 g/mol. The normalized spacial score (nSPS) is 17.0. The van der Waals surface area contributed by atoms with Crippen molar-refractivity contribution in [2.45, 2.75) is 6.42 Å². The zero-order valence-electron chi connectivity index (χ0n) is 9.69. The summed E-state index contributed by atoms with van der Waals surface area (Å²) in [4.78, 5) is 14.0. The first-order valence-corrected chi connectivity index (χ1v) is 6.19. The summed E-state index contributed by atoms with van der Waals surface area (Å²) in [6, 6.07) is 7.50. The van der Waals surface area contributed by atoms with Crippen LogP contribution in [0, 0.1) is 0 Å². The molecule has 1 saturated heterocycles. The lowest BCUT2D eigenvalue weighted by molar-refractivity contribution is -0.120. The Bertz CT molecular complexity index is 389. The summed E-state index contributed by atoms with van der Waals surface area (Å²) in [7, 11) is 0. The van der Waals surface area contributed by atoms with Crippen LogP contribution in [0.3, 0.4) is 0 Å². The molecule has 0 saturated carbocycles. The van der Waals surface area contributed by atoms with E-state index in [1.807, 2.05) is 24.3 Å². The van der Waals surface area contributed by atoms with Crippen molar-refractivity contribution < 1.29 is 9.53 Å². The minimum absolute atomic E-state index is 0.208. The van der Waals surface area contributed by atoms with Gasteiger partial charge in [0.15, 0.2) is 5.78 Å². The predicted octanol–water partition coefficient (Wildman–Crippen LogP) is 1.78. The van der Waals surface area contributed by atoms with Gasteiger partial charge < -0.3 is 4.74 Å². The second kappa shape index (κ2) is 6.15. The first-order valence-electron chi connectivity index (χ1n) is 5.81. The number of carbonyl (C=O) groups is 1. The summed E-state index contributed by atoms with van der Waals surface area (Å²) in [5.41, 5.74) is 0.910. The molecular formula is C13H16ClNO2. The lowest BCUT2D eigenvalue weighted by atomic mass is 10.1. The van der Waals surface area contributed by atoms with Crippen molar-refractivity contribution in [2.24, 2.45) is 0 Å². The van der Waals surface area contributed by atoms with Crippen LogP contribution in [0.2, 0.25) is 5.02 Å². The number of ketones is 1. The Kier molecular flexibility index (Phi) is 4.54. The van der Waals surface area contributed by atoms with E-state index in [0.717, 1.165) is 31.9 Å². The molecule has 0 bridgehead atoms. The summed E-state index contributed by atoms with van der Waals surface area (Å²) in [6.07, 6.45) is 0.414. The third kappa shape index (κ3) is 3.80. The fourth-order valence-electron chi connectivity index (χ4n) is 1.92. The standard InChI is InChI=1S/C13H16ClNO2/c14-13-4-2-1-3-11(13)9-12(16)10-15-5-7-17-8-6-15/h1-4H,5-10H2. The van der Waals surface area contributed by atoms with E-state index < -0.39 is 0 Å². The molecule has 92 valence electrons. The molecule has 0 atom stereocenters. The second-order valence-electron chi connectivity index (χ2n) is 4.20. The molecule has 3 nitrogen and oxygen atoms in total. The number of morpholine rings is 1. The van der Waals surface area contributed by atoms with Crippen molar-refractivity contribution in [3.8, 4) is 0 Å². The van der Waals surface area contributed by atoms with E-state index >= 15 is 0 Å². The fourth-order valence-corrected chi connectivity index (χ4v) is 2.12. The number of hydrogen-bond donors (Lipinski definition) is 0. The molecule has 0 N–H and O–H groups in total. The molecule has 1 aromatic carbocycles. The number of Topliss-reactive ketones (excluding diaryl/α,β-unsaturated/α-hetero) is 1. The smallest absolute Gasteiger partial charge is 0.151 e. The van der Waals surface area contributed by atoms with Gasteiger partial charge in [0.05, 0.1) is 19.8 Å². The van der Waals surface area contributed by atoms with Crippen LogP contribution in [0.5, 0.6) is 0 Å². The van der Waals surface area contributed by atoms with Gasteiger partial charge in [0.2, 0.25) is 0 Å².